The van der Waals surface area contributed by atoms with Gasteiger partial charge >= 0.3 is 0 Å². The Bertz CT molecular complexity index is 640. The summed E-state index contributed by atoms with van der Waals surface area (Å²) in [6.45, 7) is 0. The van der Waals surface area contributed by atoms with Crippen molar-refractivity contribution >= 4 is 5.78 Å². The number of ketones is 1. The summed E-state index contributed by atoms with van der Waals surface area (Å²) in [6, 6.07) is 9.05. The molecule has 0 unspecified atom stereocenters. The number of ether oxygens (including phenoxy) is 3. The molecule has 0 bridgehead atoms. The summed E-state index contributed by atoms with van der Waals surface area (Å²) in [5, 5.41) is 0. The molecule has 0 aliphatic heterocycles. The molecular formula is C17H17FO4. The van der Waals surface area contributed by atoms with Crippen LogP contribution in [0.2, 0.25) is 0 Å². The van der Waals surface area contributed by atoms with Crippen LogP contribution in [-0.2, 0) is 6.42 Å². The maximum absolute atomic E-state index is 12.9. The normalized spacial score (nSPS) is 10.2. The molecule has 4 nitrogen and oxygen atoms in total. The number of carbonyl (C=O) groups excluding carboxylic acids is 1. The van der Waals surface area contributed by atoms with Gasteiger partial charge in [-0.1, -0.05) is 12.1 Å². The van der Waals surface area contributed by atoms with E-state index in [-0.39, 0.29) is 18.0 Å². The lowest BCUT2D eigenvalue weighted by Crippen LogP contribution is -2.05. The molecule has 2 rings (SSSR count). The Hall–Kier alpha value is -2.56. The van der Waals surface area contributed by atoms with Crippen molar-refractivity contribution in [1.82, 2.24) is 0 Å². The van der Waals surface area contributed by atoms with Gasteiger partial charge in [0.25, 0.3) is 0 Å². The van der Waals surface area contributed by atoms with E-state index in [0.717, 1.165) is 5.56 Å². The van der Waals surface area contributed by atoms with E-state index in [1.165, 1.54) is 33.5 Å². The Kier molecular flexibility index (Phi) is 4.99. The van der Waals surface area contributed by atoms with Crippen molar-refractivity contribution in [3.63, 3.8) is 0 Å². The van der Waals surface area contributed by atoms with Crippen LogP contribution in [0.1, 0.15) is 15.9 Å². The number of methoxy groups -OCH3 is 3. The largest absolute Gasteiger partial charge is 0.493 e. The molecule has 5 heteroatoms. The van der Waals surface area contributed by atoms with Crippen LogP contribution in [0.15, 0.2) is 36.4 Å². The third kappa shape index (κ3) is 3.36. The Labute approximate surface area is 128 Å². The summed E-state index contributed by atoms with van der Waals surface area (Å²) in [6.07, 6.45) is 0.166. The maximum Gasteiger partial charge on any atom is 0.203 e. The second-order valence-corrected chi connectivity index (χ2v) is 4.64. The zero-order valence-corrected chi connectivity index (χ0v) is 12.7. The highest BCUT2D eigenvalue weighted by Gasteiger charge is 2.17. The fourth-order valence-corrected chi connectivity index (χ4v) is 2.13. The molecule has 0 saturated carbocycles. The minimum atomic E-state index is -0.330. The molecule has 0 heterocycles. The predicted molar refractivity (Wildman–Crippen MR) is 80.5 cm³/mol. The zero-order chi connectivity index (χ0) is 16.1. The van der Waals surface area contributed by atoms with E-state index in [1.54, 1.807) is 24.3 Å². The monoisotopic (exact) mass is 304 g/mol. The van der Waals surface area contributed by atoms with Gasteiger partial charge in [-0.05, 0) is 29.8 Å². The summed E-state index contributed by atoms with van der Waals surface area (Å²) >= 11 is 0. The number of hydrogen-bond donors (Lipinski definition) is 0. The van der Waals surface area contributed by atoms with E-state index in [2.05, 4.69) is 0 Å². The van der Waals surface area contributed by atoms with Gasteiger partial charge in [0.15, 0.2) is 17.3 Å². The van der Waals surface area contributed by atoms with Gasteiger partial charge in [-0.15, -0.1) is 0 Å². The third-order valence-corrected chi connectivity index (χ3v) is 3.26. The van der Waals surface area contributed by atoms with Crippen LogP contribution in [0.4, 0.5) is 4.39 Å². The van der Waals surface area contributed by atoms with Crippen molar-refractivity contribution in [2.75, 3.05) is 21.3 Å². The molecule has 0 aliphatic rings. The number of hydrogen-bond acceptors (Lipinski definition) is 4. The fourth-order valence-electron chi connectivity index (χ4n) is 2.13. The molecule has 0 fully saturated rings. The van der Waals surface area contributed by atoms with Crippen LogP contribution in [0.3, 0.4) is 0 Å². The van der Waals surface area contributed by atoms with Gasteiger partial charge in [0.2, 0.25) is 5.75 Å². The lowest BCUT2D eigenvalue weighted by atomic mass is 10.0. The molecule has 0 amide bonds. The van der Waals surface area contributed by atoms with Crippen LogP contribution in [0, 0.1) is 5.82 Å². The van der Waals surface area contributed by atoms with Crippen molar-refractivity contribution in [3.8, 4) is 17.2 Å². The van der Waals surface area contributed by atoms with Gasteiger partial charge in [0.05, 0.1) is 21.3 Å². The Morgan fingerprint density at radius 2 is 1.50 bits per heavy atom. The molecule has 0 atom stereocenters. The van der Waals surface area contributed by atoms with Gasteiger partial charge in [-0.3, -0.25) is 4.79 Å². The minimum absolute atomic E-state index is 0.120. The maximum atomic E-state index is 12.9. The van der Waals surface area contributed by atoms with E-state index in [9.17, 15) is 9.18 Å². The van der Waals surface area contributed by atoms with Crippen molar-refractivity contribution in [1.29, 1.82) is 0 Å². The molecule has 0 N–H and O–H groups in total. The number of carbonyl (C=O) groups is 1. The highest BCUT2D eigenvalue weighted by Crippen LogP contribution is 2.38. The molecule has 0 saturated heterocycles. The summed E-state index contributed by atoms with van der Waals surface area (Å²) in [4.78, 5) is 12.4. The SMILES string of the molecule is COc1cc(C(=O)Cc2ccc(F)cc2)cc(OC)c1OC. The van der Waals surface area contributed by atoms with Gasteiger partial charge in [0.1, 0.15) is 5.82 Å². The van der Waals surface area contributed by atoms with Crippen molar-refractivity contribution in [2.45, 2.75) is 6.42 Å². The second kappa shape index (κ2) is 6.93. The molecule has 2 aromatic rings. The molecule has 0 radical (unpaired) electrons. The van der Waals surface area contributed by atoms with Gasteiger partial charge in [-0.2, -0.15) is 0 Å². The van der Waals surface area contributed by atoms with E-state index in [0.29, 0.717) is 22.8 Å². The van der Waals surface area contributed by atoms with Crippen molar-refractivity contribution in [2.24, 2.45) is 0 Å². The molecule has 0 spiro atoms. The Balaban J connectivity index is 2.31. The summed E-state index contributed by atoms with van der Waals surface area (Å²) in [7, 11) is 4.48. The Morgan fingerprint density at radius 3 is 1.95 bits per heavy atom. The standard InChI is InChI=1S/C17H17FO4/c1-20-15-9-12(10-16(21-2)17(15)22-3)14(19)8-11-4-6-13(18)7-5-11/h4-7,9-10H,8H2,1-3H3. The lowest BCUT2D eigenvalue weighted by molar-refractivity contribution is 0.0992. The predicted octanol–water partition coefficient (Wildman–Crippen LogP) is 3.28. The summed E-state index contributed by atoms with van der Waals surface area (Å²) in [5.41, 5.74) is 1.18. The average molecular weight is 304 g/mol. The highest BCUT2D eigenvalue weighted by atomic mass is 19.1. The first-order valence-corrected chi connectivity index (χ1v) is 6.66. The number of halogens is 1. The molecule has 0 aromatic heterocycles. The molecule has 0 aliphatic carbocycles. The molecule has 116 valence electrons. The number of rotatable bonds is 6. The lowest BCUT2D eigenvalue weighted by Gasteiger charge is -2.13. The summed E-state index contributed by atoms with van der Waals surface area (Å²) < 4.78 is 28.6. The first kappa shape index (κ1) is 15.8. The van der Waals surface area contributed by atoms with E-state index < -0.39 is 0 Å². The highest BCUT2D eigenvalue weighted by molar-refractivity contribution is 5.98. The van der Waals surface area contributed by atoms with Crippen molar-refractivity contribution < 1.29 is 23.4 Å². The topological polar surface area (TPSA) is 44.8 Å². The quantitative estimate of drug-likeness (QED) is 0.768. The first-order valence-electron chi connectivity index (χ1n) is 6.66. The Morgan fingerprint density at radius 1 is 0.955 bits per heavy atom. The van der Waals surface area contributed by atoms with Gasteiger partial charge in [0, 0.05) is 12.0 Å². The van der Waals surface area contributed by atoms with E-state index in [4.69, 9.17) is 14.2 Å². The van der Waals surface area contributed by atoms with E-state index in [1.807, 2.05) is 0 Å². The van der Waals surface area contributed by atoms with Crippen LogP contribution in [-0.4, -0.2) is 27.1 Å². The average Bonchev–Trinajstić information content (AvgIpc) is 2.55. The smallest absolute Gasteiger partial charge is 0.203 e. The van der Waals surface area contributed by atoms with Crippen molar-refractivity contribution in [3.05, 3.63) is 53.3 Å². The number of Topliss-reactive ketones (excluding diaryl/α,β-unsaturated/α-hetero) is 1. The zero-order valence-electron chi connectivity index (χ0n) is 12.7. The first-order chi connectivity index (χ1) is 10.6. The minimum Gasteiger partial charge on any atom is -0.493 e. The second-order valence-electron chi connectivity index (χ2n) is 4.64. The third-order valence-electron chi connectivity index (χ3n) is 3.26. The van der Waals surface area contributed by atoms with Crippen LogP contribution >= 0.6 is 0 Å². The molecular weight excluding hydrogens is 287 g/mol. The van der Waals surface area contributed by atoms with E-state index >= 15 is 0 Å². The van der Waals surface area contributed by atoms with Crippen LogP contribution < -0.4 is 14.2 Å². The van der Waals surface area contributed by atoms with Gasteiger partial charge < -0.3 is 14.2 Å². The summed E-state index contributed by atoms with van der Waals surface area (Å²) in [5.74, 6) is 0.826. The molecule has 2 aromatic carbocycles. The fraction of sp³-hybridized carbons (Fsp3) is 0.235. The molecule has 22 heavy (non-hydrogen) atoms. The van der Waals surface area contributed by atoms with Gasteiger partial charge in [-0.25, -0.2) is 4.39 Å². The number of benzene rings is 2. The van der Waals surface area contributed by atoms with Crippen LogP contribution in [0.25, 0.3) is 0 Å². The van der Waals surface area contributed by atoms with Crippen LogP contribution in [0.5, 0.6) is 17.2 Å².